The number of benzene rings is 2. The van der Waals surface area contributed by atoms with E-state index in [0.717, 1.165) is 34.9 Å². The first-order valence-electron chi connectivity index (χ1n) is 10.5. The van der Waals surface area contributed by atoms with E-state index in [1.54, 1.807) is 16.9 Å². The lowest BCUT2D eigenvalue weighted by molar-refractivity contribution is 0.276. The first-order chi connectivity index (χ1) is 16.3. The van der Waals surface area contributed by atoms with Crippen molar-refractivity contribution in [3.8, 4) is 17.0 Å². The third-order valence-corrected chi connectivity index (χ3v) is 7.36. The number of fused-ring (bicyclic) bond motifs is 1. The predicted octanol–water partition coefficient (Wildman–Crippen LogP) is 4.99. The highest BCUT2D eigenvalue weighted by molar-refractivity contribution is 7.92. The van der Waals surface area contributed by atoms with Gasteiger partial charge in [-0.15, -0.1) is 0 Å². The Bertz CT molecular complexity index is 1490. The van der Waals surface area contributed by atoms with Crippen LogP contribution in [-0.4, -0.2) is 29.8 Å². The number of nitrogens with zero attached hydrogens (tertiary/aromatic N) is 3. The molecule has 1 N–H and O–H groups in total. The quantitative estimate of drug-likeness (QED) is 0.392. The third kappa shape index (κ3) is 4.24. The Labute approximate surface area is 201 Å². The Balaban J connectivity index is 1.53. The first-order valence-corrected chi connectivity index (χ1v) is 12.4. The van der Waals surface area contributed by atoms with E-state index in [1.807, 2.05) is 31.3 Å². The molecule has 0 radical (unpaired) electrons. The third-order valence-electron chi connectivity index (χ3n) is 5.78. The average Bonchev–Trinajstić information content (AvgIpc) is 3.24. The number of rotatable bonds is 5. The van der Waals surface area contributed by atoms with Crippen molar-refractivity contribution in [1.29, 1.82) is 0 Å². The van der Waals surface area contributed by atoms with Crippen LogP contribution in [0.3, 0.4) is 0 Å². The van der Waals surface area contributed by atoms with Crippen molar-refractivity contribution >= 4 is 27.4 Å². The number of hydrogen-bond acceptors (Lipinski definition) is 5. The van der Waals surface area contributed by atoms with Crippen LogP contribution in [0, 0.1) is 5.95 Å². The van der Waals surface area contributed by atoms with Gasteiger partial charge in [-0.25, -0.2) is 13.4 Å². The zero-order chi connectivity index (χ0) is 23.9. The van der Waals surface area contributed by atoms with E-state index in [1.165, 1.54) is 24.3 Å². The lowest BCUT2D eigenvalue weighted by Gasteiger charge is -2.28. The van der Waals surface area contributed by atoms with Crippen LogP contribution in [0.1, 0.15) is 23.5 Å². The molecule has 0 bridgehead atoms. The van der Waals surface area contributed by atoms with Crippen LogP contribution in [0.25, 0.3) is 11.3 Å². The average molecular weight is 499 g/mol. The van der Waals surface area contributed by atoms with Gasteiger partial charge in [0.1, 0.15) is 11.6 Å². The Hall–Kier alpha value is -3.43. The van der Waals surface area contributed by atoms with Crippen molar-refractivity contribution in [2.24, 2.45) is 7.05 Å². The zero-order valence-electron chi connectivity index (χ0n) is 18.1. The second-order valence-corrected chi connectivity index (χ2v) is 10.0. The smallest absolute Gasteiger partial charge is 0.263 e. The summed E-state index contributed by atoms with van der Waals surface area (Å²) in [5, 5.41) is 4.89. The van der Waals surface area contributed by atoms with Gasteiger partial charge in [-0.3, -0.25) is 9.40 Å². The van der Waals surface area contributed by atoms with Gasteiger partial charge in [0.05, 0.1) is 17.2 Å². The fourth-order valence-corrected chi connectivity index (χ4v) is 5.40. The van der Waals surface area contributed by atoms with E-state index in [9.17, 15) is 12.8 Å². The number of nitrogens with one attached hydrogen (secondary N) is 1. The van der Waals surface area contributed by atoms with Crippen LogP contribution in [0.4, 0.5) is 10.2 Å². The highest BCUT2D eigenvalue weighted by Gasteiger charge is 2.28. The van der Waals surface area contributed by atoms with E-state index in [4.69, 9.17) is 16.3 Å². The van der Waals surface area contributed by atoms with E-state index >= 15 is 0 Å². The fourth-order valence-electron chi connectivity index (χ4n) is 4.21. The summed E-state index contributed by atoms with van der Waals surface area (Å²) in [5.74, 6) is -0.416. The first kappa shape index (κ1) is 22.4. The fraction of sp³-hybridized carbons (Fsp3) is 0.167. The van der Waals surface area contributed by atoms with Crippen molar-refractivity contribution in [3.05, 3.63) is 89.0 Å². The molecule has 174 valence electrons. The van der Waals surface area contributed by atoms with Crippen molar-refractivity contribution in [3.63, 3.8) is 0 Å². The minimum atomic E-state index is -3.99. The normalized spacial score (nSPS) is 15.4. The second kappa shape index (κ2) is 8.73. The standard InChI is InChI=1S/C24H20ClFN4O3S/c1-30-21(9-11-27-30)20-13-15(25)5-7-17(20)18-10-12-33-22-14-16(6-8-19(18)22)34(31,32)29-24-4-2-3-23(26)28-24/h2-9,11,13-14,18H,10,12H2,1H3,(H,28,29)/t18-/m1/s1. The molecule has 0 saturated heterocycles. The SMILES string of the molecule is Cn1nccc1-c1cc(Cl)ccc1[C@H]1CCOc2cc(S(=O)(=O)Nc3cccc(F)n3)ccc21. The molecule has 3 heterocycles. The van der Waals surface area contributed by atoms with Gasteiger partial charge in [-0.05, 0) is 48.4 Å². The highest BCUT2D eigenvalue weighted by atomic mass is 35.5. The molecular formula is C24H20ClFN4O3S. The largest absolute Gasteiger partial charge is 0.493 e. The van der Waals surface area contributed by atoms with Crippen molar-refractivity contribution < 1.29 is 17.5 Å². The number of pyridine rings is 1. The summed E-state index contributed by atoms with van der Waals surface area (Å²) in [7, 11) is -2.12. The van der Waals surface area contributed by atoms with Gasteiger partial charge in [0.2, 0.25) is 5.95 Å². The Kier molecular flexibility index (Phi) is 5.75. The van der Waals surface area contributed by atoms with Crippen LogP contribution in [-0.2, 0) is 17.1 Å². The monoisotopic (exact) mass is 498 g/mol. The van der Waals surface area contributed by atoms with Crippen molar-refractivity contribution in [2.75, 3.05) is 11.3 Å². The van der Waals surface area contributed by atoms with E-state index in [-0.39, 0.29) is 16.6 Å². The van der Waals surface area contributed by atoms with E-state index < -0.39 is 16.0 Å². The van der Waals surface area contributed by atoms with Crippen LogP contribution in [0.5, 0.6) is 5.75 Å². The summed E-state index contributed by atoms with van der Waals surface area (Å²) in [4.78, 5) is 3.57. The molecule has 0 unspecified atom stereocenters. The van der Waals surface area contributed by atoms with Gasteiger partial charge in [-0.1, -0.05) is 29.8 Å². The molecule has 10 heteroatoms. The predicted molar refractivity (Wildman–Crippen MR) is 127 cm³/mol. The molecule has 1 aliphatic heterocycles. The summed E-state index contributed by atoms with van der Waals surface area (Å²) in [6, 6.07) is 16.3. The number of sulfonamides is 1. The van der Waals surface area contributed by atoms with Gasteiger partial charge in [-0.2, -0.15) is 9.49 Å². The van der Waals surface area contributed by atoms with Gasteiger partial charge < -0.3 is 4.74 Å². The molecule has 0 amide bonds. The van der Waals surface area contributed by atoms with Crippen molar-refractivity contribution in [1.82, 2.24) is 14.8 Å². The van der Waals surface area contributed by atoms with E-state index in [0.29, 0.717) is 17.4 Å². The summed E-state index contributed by atoms with van der Waals surface area (Å²) >= 11 is 6.32. The molecule has 2 aromatic heterocycles. The maximum Gasteiger partial charge on any atom is 0.263 e. The Morgan fingerprint density at radius 3 is 2.71 bits per heavy atom. The molecule has 34 heavy (non-hydrogen) atoms. The highest BCUT2D eigenvalue weighted by Crippen LogP contribution is 2.43. The molecule has 0 saturated carbocycles. The molecule has 1 aliphatic rings. The van der Waals surface area contributed by atoms with Crippen LogP contribution in [0.2, 0.25) is 5.02 Å². The van der Waals surface area contributed by atoms with Gasteiger partial charge in [0, 0.05) is 41.4 Å². The number of aryl methyl sites for hydroxylation is 1. The second-order valence-electron chi connectivity index (χ2n) is 7.91. The molecular weight excluding hydrogens is 479 g/mol. The van der Waals surface area contributed by atoms with Crippen LogP contribution in [0.15, 0.2) is 71.8 Å². The zero-order valence-corrected chi connectivity index (χ0v) is 19.6. The van der Waals surface area contributed by atoms with Crippen LogP contribution < -0.4 is 9.46 Å². The maximum absolute atomic E-state index is 13.4. The number of hydrogen-bond donors (Lipinski definition) is 1. The Morgan fingerprint density at radius 2 is 1.94 bits per heavy atom. The number of halogens is 2. The van der Waals surface area contributed by atoms with E-state index in [2.05, 4.69) is 14.8 Å². The van der Waals surface area contributed by atoms with Crippen LogP contribution >= 0.6 is 11.6 Å². The molecule has 0 fully saturated rings. The number of ether oxygens (including phenoxy) is 1. The van der Waals surface area contributed by atoms with Gasteiger partial charge in [0.25, 0.3) is 10.0 Å². The minimum Gasteiger partial charge on any atom is -0.493 e. The lowest BCUT2D eigenvalue weighted by atomic mass is 9.83. The maximum atomic E-state index is 13.4. The molecule has 7 nitrogen and oxygen atoms in total. The lowest BCUT2D eigenvalue weighted by Crippen LogP contribution is -2.18. The molecule has 5 rings (SSSR count). The summed E-state index contributed by atoms with van der Waals surface area (Å²) in [6.07, 6.45) is 2.45. The minimum absolute atomic E-state index is 0.000857. The molecule has 4 aromatic rings. The van der Waals surface area contributed by atoms with Crippen molar-refractivity contribution in [2.45, 2.75) is 17.2 Å². The molecule has 0 aliphatic carbocycles. The van der Waals surface area contributed by atoms with Gasteiger partial charge in [0.15, 0.2) is 0 Å². The number of anilines is 1. The summed E-state index contributed by atoms with van der Waals surface area (Å²) in [6.45, 7) is 0.424. The summed E-state index contributed by atoms with van der Waals surface area (Å²) < 4.78 is 49.1. The molecule has 2 aromatic carbocycles. The molecule has 1 atom stereocenters. The summed E-state index contributed by atoms with van der Waals surface area (Å²) in [5.41, 5.74) is 3.81. The Morgan fingerprint density at radius 1 is 1.12 bits per heavy atom. The topological polar surface area (TPSA) is 86.1 Å². The van der Waals surface area contributed by atoms with Gasteiger partial charge >= 0.3 is 0 Å². The number of aromatic nitrogens is 3. The molecule has 0 spiro atoms.